The van der Waals surface area contributed by atoms with E-state index >= 15 is 0 Å². The van der Waals surface area contributed by atoms with Crippen LogP contribution in [0.3, 0.4) is 0 Å². The number of pyridine rings is 1. The highest BCUT2D eigenvalue weighted by Gasteiger charge is 2.04. The van der Waals surface area contributed by atoms with Crippen LogP contribution in [0.4, 0.5) is 5.82 Å². The second kappa shape index (κ2) is 4.06. The van der Waals surface area contributed by atoms with Gasteiger partial charge in [0.2, 0.25) is 0 Å². The van der Waals surface area contributed by atoms with Gasteiger partial charge in [0.1, 0.15) is 5.82 Å². The average Bonchev–Trinajstić information content (AvgIpc) is 2.91. The normalized spacial score (nSPS) is 14.1. The van der Waals surface area contributed by atoms with Gasteiger partial charge in [0.05, 0.1) is 5.52 Å². The third-order valence-corrected chi connectivity index (χ3v) is 3.05. The van der Waals surface area contributed by atoms with Gasteiger partial charge in [-0.05, 0) is 35.8 Å². The Morgan fingerprint density at radius 1 is 1.18 bits per heavy atom. The summed E-state index contributed by atoms with van der Waals surface area (Å²) >= 11 is 0. The molecule has 0 bridgehead atoms. The first-order valence-electron chi connectivity index (χ1n) is 5.82. The Morgan fingerprint density at radius 3 is 2.82 bits per heavy atom. The van der Waals surface area contributed by atoms with E-state index in [1.54, 1.807) is 0 Å². The van der Waals surface area contributed by atoms with Gasteiger partial charge in [-0.25, -0.2) is 4.98 Å². The fourth-order valence-corrected chi connectivity index (χ4v) is 2.11. The number of anilines is 1. The summed E-state index contributed by atoms with van der Waals surface area (Å²) in [4.78, 5) is 4.56. The SMILES string of the molecule is CNc1ccc2ccc(C3=CCC=C3)cc2n1. The van der Waals surface area contributed by atoms with Gasteiger partial charge in [-0.3, -0.25) is 0 Å². The predicted molar refractivity (Wildman–Crippen MR) is 73.0 cm³/mol. The molecular formula is C15H14N2. The van der Waals surface area contributed by atoms with Crippen molar-refractivity contribution >= 4 is 22.3 Å². The summed E-state index contributed by atoms with van der Waals surface area (Å²) in [6.07, 6.45) is 7.63. The van der Waals surface area contributed by atoms with Gasteiger partial charge in [-0.2, -0.15) is 0 Å². The molecule has 1 aromatic carbocycles. The van der Waals surface area contributed by atoms with Crippen molar-refractivity contribution in [2.45, 2.75) is 6.42 Å². The van der Waals surface area contributed by atoms with Gasteiger partial charge in [0.15, 0.2) is 0 Å². The van der Waals surface area contributed by atoms with Crippen LogP contribution in [0.2, 0.25) is 0 Å². The molecule has 17 heavy (non-hydrogen) atoms. The lowest BCUT2D eigenvalue weighted by Gasteiger charge is -2.05. The number of fused-ring (bicyclic) bond motifs is 1. The summed E-state index contributed by atoms with van der Waals surface area (Å²) in [6, 6.07) is 10.5. The summed E-state index contributed by atoms with van der Waals surface area (Å²) in [5.41, 5.74) is 3.58. The number of nitrogens with zero attached hydrogens (tertiary/aromatic N) is 1. The Balaban J connectivity index is 2.13. The van der Waals surface area contributed by atoms with Crippen molar-refractivity contribution in [3.8, 4) is 0 Å². The zero-order valence-corrected chi connectivity index (χ0v) is 9.77. The van der Waals surface area contributed by atoms with E-state index in [2.05, 4.69) is 52.8 Å². The van der Waals surface area contributed by atoms with E-state index in [0.29, 0.717) is 0 Å². The summed E-state index contributed by atoms with van der Waals surface area (Å²) < 4.78 is 0. The molecule has 2 aromatic rings. The zero-order valence-electron chi connectivity index (χ0n) is 9.77. The van der Waals surface area contributed by atoms with Crippen LogP contribution in [0.15, 0.2) is 48.6 Å². The third kappa shape index (κ3) is 1.82. The van der Waals surface area contributed by atoms with Gasteiger partial charge in [0, 0.05) is 12.4 Å². The Labute approximate surface area is 101 Å². The third-order valence-electron chi connectivity index (χ3n) is 3.05. The van der Waals surface area contributed by atoms with E-state index in [1.165, 1.54) is 16.5 Å². The van der Waals surface area contributed by atoms with E-state index in [9.17, 15) is 0 Å². The van der Waals surface area contributed by atoms with Crippen LogP contribution in [0.25, 0.3) is 16.5 Å². The molecule has 1 aliphatic carbocycles. The minimum atomic E-state index is 0.908. The maximum absolute atomic E-state index is 4.56. The lowest BCUT2D eigenvalue weighted by Crippen LogP contribution is -1.92. The van der Waals surface area contributed by atoms with Gasteiger partial charge in [-0.1, -0.05) is 30.4 Å². The quantitative estimate of drug-likeness (QED) is 0.839. The van der Waals surface area contributed by atoms with Gasteiger partial charge in [-0.15, -0.1) is 0 Å². The van der Waals surface area contributed by atoms with E-state index in [4.69, 9.17) is 0 Å². The fourth-order valence-electron chi connectivity index (χ4n) is 2.11. The highest BCUT2D eigenvalue weighted by Crippen LogP contribution is 2.25. The standard InChI is InChI=1S/C15H14N2/c1-16-15-9-8-12-6-7-13(10-14(12)17-15)11-4-2-3-5-11/h2,4-10H,3H2,1H3,(H,16,17). The minimum Gasteiger partial charge on any atom is -0.373 e. The molecule has 1 N–H and O–H groups in total. The molecule has 1 aliphatic rings. The van der Waals surface area contributed by atoms with Crippen LogP contribution in [-0.2, 0) is 0 Å². The number of hydrogen-bond donors (Lipinski definition) is 1. The molecule has 84 valence electrons. The zero-order chi connectivity index (χ0) is 11.7. The Kier molecular flexibility index (Phi) is 2.41. The van der Waals surface area contributed by atoms with E-state index in [-0.39, 0.29) is 0 Å². The van der Waals surface area contributed by atoms with Crippen molar-refractivity contribution in [2.24, 2.45) is 0 Å². The first-order chi connectivity index (χ1) is 8.36. The largest absolute Gasteiger partial charge is 0.373 e. The van der Waals surface area contributed by atoms with Crippen molar-refractivity contribution in [1.82, 2.24) is 4.98 Å². The molecule has 0 unspecified atom stereocenters. The predicted octanol–water partition coefficient (Wildman–Crippen LogP) is 3.62. The molecule has 2 nitrogen and oxygen atoms in total. The number of benzene rings is 1. The molecule has 0 atom stereocenters. The summed E-state index contributed by atoms with van der Waals surface area (Å²) in [5.74, 6) is 0.908. The Hall–Kier alpha value is -2.09. The van der Waals surface area contributed by atoms with Crippen molar-refractivity contribution < 1.29 is 0 Å². The van der Waals surface area contributed by atoms with Gasteiger partial charge >= 0.3 is 0 Å². The molecule has 0 saturated carbocycles. The summed E-state index contributed by atoms with van der Waals surface area (Å²) in [6.45, 7) is 0. The monoisotopic (exact) mass is 222 g/mol. The van der Waals surface area contributed by atoms with E-state index < -0.39 is 0 Å². The molecular weight excluding hydrogens is 208 g/mol. The van der Waals surface area contributed by atoms with Crippen LogP contribution in [0.5, 0.6) is 0 Å². The second-order valence-electron chi connectivity index (χ2n) is 4.15. The fraction of sp³-hybridized carbons (Fsp3) is 0.133. The molecule has 0 aliphatic heterocycles. The average molecular weight is 222 g/mol. The van der Waals surface area contributed by atoms with Crippen molar-refractivity contribution in [2.75, 3.05) is 12.4 Å². The number of rotatable bonds is 2. The number of nitrogens with one attached hydrogen (secondary N) is 1. The van der Waals surface area contributed by atoms with Crippen LogP contribution < -0.4 is 5.32 Å². The first kappa shape index (κ1) is 10.1. The Morgan fingerprint density at radius 2 is 2.06 bits per heavy atom. The second-order valence-corrected chi connectivity index (χ2v) is 4.15. The maximum atomic E-state index is 4.56. The molecule has 0 saturated heterocycles. The molecule has 1 heterocycles. The summed E-state index contributed by atoms with van der Waals surface area (Å²) in [5, 5.41) is 4.24. The van der Waals surface area contributed by atoms with Crippen molar-refractivity contribution in [1.29, 1.82) is 0 Å². The highest BCUT2D eigenvalue weighted by molar-refractivity contribution is 5.86. The van der Waals surface area contributed by atoms with Crippen LogP contribution in [-0.4, -0.2) is 12.0 Å². The van der Waals surface area contributed by atoms with Gasteiger partial charge < -0.3 is 5.32 Å². The molecule has 1 aromatic heterocycles. The highest BCUT2D eigenvalue weighted by atomic mass is 15.0. The number of allylic oxidation sites excluding steroid dienone is 4. The lowest BCUT2D eigenvalue weighted by molar-refractivity contribution is 1.34. The molecule has 3 rings (SSSR count). The van der Waals surface area contributed by atoms with Crippen molar-refractivity contribution in [3.63, 3.8) is 0 Å². The smallest absolute Gasteiger partial charge is 0.126 e. The molecule has 0 amide bonds. The molecule has 2 heteroatoms. The molecule has 0 spiro atoms. The maximum Gasteiger partial charge on any atom is 0.126 e. The van der Waals surface area contributed by atoms with Crippen LogP contribution in [0.1, 0.15) is 12.0 Å². The topological polar surface area (TPSA) is 24.9 Å². The summed E-state index contributed by atoms with van der Waals surface area (Å²) in [7, 11) is 1.89. The lowest BCUT2D eigenvalue weighted by atomic mass is 10.0. The van der Waals surface area contributed by atoms with Crippen molar-refractivity contribution in [3.05, 3.63) is 54.1 Å². The number of aromatic nitrogens is 1. The number of hydrogen-bond acceptors (Lipinski definition) is 2. The van der Waals surface area contributed by atoms with Crippen LogP contribution in [0, 0.1) is 0 Å². The van der Waals surface area contributed by atoms with E-state index in [0.717, 1.165) is 17.8 Å². The first-order valence-corrected chi connectivity index (χ1v) is 5.82. The minimum absolute atomic E-state index is 0.908. The molecule has 0 fully saturated rings. The van der Waals surface area contributed by atoms with E-state index in [1.807, 2.05) is 13.1 Å². The van der Waals surface area contributed by atoms with Gasteiger partial charge in [0.25, 0.3) is 0 Å². The van der Waals surface area contributed by atoms with Crippen LogP contribution >= 0.6 is 0 Å². The Bertz CT molecular complexity index is 624. The molecule has 0 radical (unpaired) electrons.